The highest BCUT2D eigenvalue weighted by Crippen LogP contribution is 2.30. The van der Waals surface area contributed by atoms with Gasteiger partial charge in [0.2, 0.25) is 11.8 Å². The molecule has 0 radical (unpaired) electrons. The van der Waals surface area contributed by atoms with Gasteiger partial charge in [0.05, 0.1) is 11.0 Å². The summed E-state index contributed by atoms with van der Waals surface area (Å²) in [7, 11) is 3.51. The lowest BCUT2D eigenvalue weighted by molar-refractivity contribution is -0.134. The third-order valence-corrected chi connectivity index (χ3v) is 6.20. The molecule has 2 aromatic rings. The van der Waals surface area contributed by atoms with Gasteiger partial charge in [-0.15, -0.1) is 0 Å². The van der Waals surface area contributed by atoms with Crippen molar-refractivity contribution in [3.63, 3.8) is 0 Å². The number of ether oxygens (including phenoxy) is 1. The van der Waals surface area contributed by atoms with Crippen molar-refractivity contribution in [1.29, 1.82) is 0 Å². The van der Waals surface area contributed by atoms with E-state index in [1.54, 1.807) is 26.0 Å². The molecule has 0 bridgehead atoms. The summed E-state index contributed by atoms with van der Waals surface area (Å²) in [6.07, 6.45) is 3.43. The molecule has 0 unspecified atom stereocenters. The van der Waals surface area contributed by atoms with Crippen LogP contribution in [-0.4, -0.2) is 71.6 Å². The highest BCUT2D eigenvalue weighted by molar-refractivity contribution is 5.78. The lowest BCUT2D eigenvalue weighted by Gasteiger charge is -2.33. The predicted molar refractivity (Wildman–Crippen MR) is 122 cm³/mol. The minimum Gasteiger partial charge on any atom is -0.385 e. The van der Waals surface area contributed by atoms with E-state index in [2.05, 4.69) is 22.8 Å². The summed E-state index contributed by atoms with van der Waals surface area (Å²) in [5.74, 6) is 1.67. The Morgan fingerprint density at radius 1 is 1.32 bits per heavy atom. The number of likely N-dealkylation sites (tertiary alicyclic amines) is 1. The van der Waals surface area contributed by atoms with Crippen molar-refractivity contribution in [3.05, 3.63) is 30.1 Å². The van der Waals surface area contributed by atoms with Crippen LogP contribution in [0.3, 0.4) is 0 Å². The number of hydrogen-bond acceptors (Lipinski definition) is 4. The van der Waals surface area contributed by atoms with Gasteiger partial charge in [0, 0.05) is 66.2 Å². The molecule has 2 heterocycles. The third-order valence-electron chi connectivity index (χ3n) is 6.20. The van der Waals surface area contributed by atoms with E-state index in [0.29, 0.717) is 26.1 Å². The number of methoxy groups -OCH3 is 1. The van der Waals surface area contributed by atoms with Gasteiger partial charge in [-0.25, -0.2) is 4.98 Å². The maximum atomic E-state index is 13.0. The quantitative estimate of drug-likeness (QED) is 0.575. The average molecular weight is 429 g/mol. The number of aromatic nitrogens is 2. The Balaban J connectivity index is 1.71. The molecule has 3 rings (SSSR count). The fraction of sp³-hybridized carbons (Fsp3) is 0.625. The predicted octanol–water partition coefficient (Wildman–Crippen LogP) is 3.28. The van der Waals surface area contributed by atoms with Crippen molar-refractivity contribution < 1.29 is 14.3 Å². The molecule has 1 aliphatic rings. The van der Waals surface area contributed by atoms with E-state index < -0.39 is 0 Å². The number of carbonyl (C=O) groups excluding carboxylic acids is 2. The van der Waals surface area contributed by atoms with Gasteiger partial charge < -0.3 is 19.1 Å². The van der Waals surface area contributed by atoms with Crippen LogP contribution in [-0.2, 0) is 20.9 Å². The number of hydrogen-bond donors (Lipinski definition) is 0. The first-order valence-electron chi connectivity index (χ1n) is 11.3. The first-order valence-corrected chi connectivity index (χ1v) is 11.3. The lowest BCUT2D eigenvalue weighted by Crippen LogP contribution is -2.41. The van der Waals surface area contributed by atoms with Crippen molar-refractivity contribution in [1.82, 2.24) is 19.4 Å². The number of piperidine rings is 1. The Morgan fingerprint density at radius 3 is 2.84 bits per heavy atom. The minimum atomic E-state index is 0.0321. The number of amides is 2. The summed E-state index contributed by atoms with van der Waals surface area (Å²) < 4.78 is 7.57. The fourth-order valence-corrected chi connectivity index (χ4v) is 4.51. The van der Waals surface area contributed by atoms with Gasteiger partial charge in [0.1, 0.15) is 5.82 Å². The van der Waals surface area contributed by atoms with E-state index in [1.165, 1.54) is 0 Å². The van der Waals surface area contributed by atoms with E-state index in [0.717, 1.165) is 49.2 Å². The summed E-state index contributed by atoms with van der Waals surface area (Å²) in [6, 6.07) is 8.26. The molecule has 2 amide bonds. The summed E-state index contributed by atoms with van der Waals surface area (Å²) in [5, 5.41) is 0. The monoisotopic (exact) mass is 428 g/mol. The van der Waals surface area contributed by atoms with Gasteiger partial charge in [-0.2, -0.15) is 0 Å². The number of nitrogens with zero attached hydrogens (tertiary/aromatic N) is 4. The second-order valence-electron chi connectivity index (χ2n) is 8.84. The van der Waals surface area contributed by atoms with E-state index in [1.807, 2.05) is 17.9 Å². The average Bonchev–Trinajstić information content (AvgIpc) is 3.12. The molecular weight excluding hydrogens is 392 g/mol. The van der Waals surface area contributed by atoms with Crippen LogP contribution < -0.4 is 0 Å². The zero-order chi connectivity index (χ0) is 22.4. The molecule has 170 valence electrons. The number of aryl methyl sites for hydroxylation is 1. The van der Waals surface area contributed by atoms with Gasteiger partial charge >= 0.3 is 0 Å². The number of imidazole rings is 1. The topological polar surface area (TPSA) is 67.7 Å². The van der Waals surface area contributed by atoms with E-state index in [4.69, 9.17) is 9.72 Å². The normalized spacial score (nSPS) is 17.7. The molecule has 1 fully saturated rings. The smallest absolute Gasteiger partial charge is 0.222 e. The zero-order valence-electron chi connectivity index (χ0n) is 19.3. The zero-order valence-corrected chi connectivity index (χ0v) is 19.3. The molecule has 0 aliphatic carbocycles. The van der Waals surface area contributed by atoms with Gasteiger partial charge in [-0.1, -0.05) is 19.1 Å². The number of rotatable bonds is 9. The Labute approximate surface area is 185 Å². The van der Waals surface area contributed by atoms with Gasteiger partial charge in [0.25, 0.3) is 0 Å². The third kappa shape index (κ3) is 5.85. The van der Waals surface area contributed by atoms with Gasteiger partial charge in [-0.05, 0) is 37.3 Å². The fourth-order valence-electron chi connectivity index (χ4n) is 4.51. The standard InChI is InChI=1S/C24H36N4O3/c1-18(16-26(3)19(2)29)15-23(30)27-12-7-9-20(17-27)24-25-21-10-5-6-11-22(21)28(24)13-8-14-31-4/h5-6,10-11,18,20H,7-9,12-17H2,1-4H3/t18-,20+/m0/s1. The highest BCUT2D eigenvalue weighted by Gasteiger charge is 2.29. The van der Waals surface area contributed by atoms with Crippen molar-refractivity contribution in [2.24, 2.45) is 5.92 Å². The van der Waals surface area contributed by atoms with Gasteiger partial charge in [0.15, 0.2) is 0 Å². The molecule has 1 aromatic carbocycles. The van der Waals surface area contributed by atoms with E-state index >= 15 is 0 Å². The number of fused-ring (bicyclic) bond motifs is 1. The van der Waals surface area contributed by atoms with Crippen molar-refractivity contribution in [3.8, 4) is 0 Å². The number of para-hydroxylation sites is 2. The van der Waals surface area contributed by atoms with E-state index in [9.17, 15) is 9.59 Å². The van der Waals surface area contributed by atoms with Crippen LogP contribution >= 0.6 is 0 Å². The van der Waals surface area contributed by atoms with Crippen LogP contribution in [0.25, 0.3) is 11.0 Å². The molecule has 1 aromatic heterocycles. The largest absolute Gasteiger partial charge is 0.385 e. The molecular formula is C24H36N4O3. The highest BCUT2D eigenvalue weighted by atomic mass is 16.5. The minimum absolute atomic E-state index is 0.0321. The summed E-state index contributed by atoms with van der Waals surface area (Å²) in [5.41, 5.74) is 2.16. The molecule has 0 spiro atoms. The maximum Gasteiger partial charge on any atom is 0.222 e. The molecule has 1 saturated heterocycles. The Kier molecular flexibility index (Phi) is 8.07. The van der Waals surface area contributed by atoms with Crippen molar-refractivity contribution in [2.75, 3.05) is 40.4 Å². The molecule has 7 heteroatoms. The van der Waals surface area contributed by atoms with Crippen LogP contribution in [0.5, 0.6) is 0 Å². The van der Waals surface area contributed by atoms with Crippen molar-refractivity contribution >= 4 is 22.8 Å². The lowest BCUT2D eigenvalue weighted by atomic mass is 9.96. The van der Waals surface area contributed by atoms with Crippen LogP contribution in [0, 0.1) is 5.92 Å². The Morgan fingerprint density at radius 2 is 2.10 bits per heavy atom. The SMILES string of the molecule is COCCCn1c([C@@H]2CCCN(C(=O)C[C@H](C)CN(C)C(C)=O)C2)nc2ccccc21. The maximum absolute atomic E-state index is 13.0. The molecule has 31 heavy (non-hydrogen) atoms. The summed E-state index contributed by atoms with van der Waals surface area (Å²) >= 11 is 0. The van der Waals surface area contributed by atoms with Gasteiger partial charge in [-0.3, -0.25) is 9.59 Å². The van der Waals surface area contributed by atoms with Crippen LogP contribution in [0.15, 0.2) is 24.3 Å². The van der Waals surface area contributed by atoms with Crippen molar-refractivity contribution in [2.45, 2.75) is 52.0 Å². The second kappa shape index (κ2) is 10.8. The summed E-state index contributed by atoms with van der Waals surface area (Å²) in [4.78, 5) is 33.1. The van der Waals surface area contributed by atoms with E-state index in [-0.39, 0.29) is 23.7 Å². The van der Waals surface area contributed by atoms with Crippen LogP contribution in [0.4, 0.5) is 0 Å². The summed E-state index contributed by atoms with van der Waals surface area (Å²) in [6.45, 7) is 7.29. The molecule has 2 atom stereocenters. The Bertz CT molecular complexity index is 894. The number of benzene rings is 1. The first kappa shape index (κ1) is 23.3. The molecule has 0 saturated carbocycles. The molecule has 1 aliphatic heterocycles. The number of carbonyl (C=O) groups is 2. The van der Waals surface area contributed by atoms with Crippen LogP contribution in [0.2, 0.25) is 0 Å². The first-order chi connectivity index (χ1) is 14.9. The second-order valence-corrected chi connectivity index (χ2v) is 8.84. The molecule has 7 nitrogen and oxygen atoms in total. The van der Waals surface area contributed by atoms with Crippen LogP contribution in [0.1, 0.15) is 51.3 Å². The Hall–Kier alpha value is -2.41. The molecule has 0 N–H and O–H groups in total.